The zero-order valence-electron chi connectivity index (χ0n) is 12.9. The van der Waals surface area contributed by atoms with E-state index in [2.05, 4.69) is 50.4 Å². The van der Waals surface area contributed by atoms with E-state index in [-0.39, 0.29) is 23.4 Å². The number of hydrogen-bond acceptors (Lipinski definition) is 2. The zero-order chi connectivity index (χ0) is 14.6. The van der Waals surface area contributed by atoms with E-state index in [1.165, 1.54) is 5.56 Å². The second-order valence-electron chi connectivity index (χ2n) is 5.93. The van der Waals surface area contributed by atoms with Crippen LogP contribution in [0.1, 0.15) is 33.3 Å². The van der Waals surface area contributed by atoms with Gasteiger partial charge in [-0.2, -0.15) is 0 Å². The summed E-state index contributed by atoms with van der Waals surface area (Å²) < 4.78 is 0. The van der Waals surface area contributed by atoms with Crippen LogP contribution in [0.15, 0.2) is 30.3 Å². The third kappa shape index (κ3) is 3.80. The Kier molecular flexibility index (Phi) is 5.12. The van der Waals surface area contributed by atoms with Gasteiger partial charge in [0.25, 0.3) is 0 Å². The molecule has 1 rings (SSSR count). The first-order valence-electron chi connectivity index (χ1n) is 6.79. The molecule has 1 aromatic carbocycles. The highest BCUT2D eigenvalue weighted by atomic mass is 16.2. The highest BCUT2D eigenvalue weighted by molar-refractivity contribution is 5.80. The van der Waals surface area contributed by atoms with Crippen LogP contribution in [0.3, 0.4) is 0 Å². The quantitative estimate of drug-likeness (QED) is 0.884. The lowest BCUT2D eigenvalue weighted by Crippen LogP contribution is -2.51. The van der Waals surface area contributed by atoms with E-state index >= 15 is 0 Å². The van der Waals surface area contributed by atoms with Gasteiger partial charge in [0.1, 0.15) is 0 Å². The van der Waals surface area contributed by atoms with E-state index in [9.17, 15) is 4.79 Å². The predicted octanol–water partition coefficient (Wildman–Crippen LogP) is 2.42. The van der Waals surface area contributed by atoms with Gasteiger partial charge in [-0.25, -0.2) is 0 Å². The minimum atomic E-state index is -0.173. The summed E-state index contributed by atoms with van der Waals surface area (Å²) in [6, 6.07) is 10.4. The molecule has 0 aliphatic carbocycles. The van der Waals surface area contributed by atoms with Crippen LogP contribution in [0.4, 0.5) is 0 Å². The normalized spacial score (nSPS) is 14.8. The molecule has 2 atom stereocenters. The lowest BCUT2D eigenvalue weighted by atomic mass is 9.78. The molecule has 106 valence electrons. The summed E-state index contributed by atoms with van der Waals surface area (Å²) in [6.07, 6.45) is 0. The minimum Gasteiger partial charge on any atom is -0.347 e. The summed E-state index contributed by atoms with van der Waals surface area (Å²) in [5.41, 5.74) is 1.25. The Balaban J connectivity index is 2.77. The number of benzene rings is 1. The smallest absolute Gasteiger partial charge is 0.238 e. The van der Waals surface area contributed by atoms with Gasteiger partial charge in [0.2, 0.25) is 5.91 Å². The molecule has 0 aliphatic rings. The van der Waals surface area contributed by atoms with Crippen LogP contribution in [-0.2, 0) is 10.2 Å². The molecule has 19 heavy (non-hydrogen) atoms. The molecule has 1 N–H and O–H groups in total. The Morgan fingerprint density at radius 1 is 1.16 bits per heavy atom. The van der Waals surface area contributed by atoms with E-state index in [4.69, 9.17) is 0 Å². The summed E-state index contributed by atoms with van der Waals surface area (Å²) in [5, 5.41) is 3.41. The van der Waals surface area contributed by atoms with Gasteiger partial charge >= 0.3 is 0 Å². The number of likely N-dealkylation sites (N-methyl/N-ethyl adjacent to an activating group) is 1. The van der Waals surface area contributed by atoms with Crippen molar-refractivity contribution in [3.05, 3.63) is 35.9 Å². The molecule has 0 spiro atoms. The third-order valence-corrected chi connectivity index (χ3v) is 3.91. The van der Waals surface area contributed by atoms with Crippen molar-refractivity contribution in [2.75, 3.05) is 14.1 Å². The Bertz CT molecular complexity index is 412. The van der Waals surface area contributed by atoms with Crippen LogP contribution in [0.25, 0.3) is 0 Å². The molecular weight excluding hydrogens is 236 g/mol. The van der Waals surface area contributed by atoms with Gasteiger partial charge in [0.15, 0.2) is 0 Å². The maximum absolute atomic E-state index is 11.9. The first kappa shape index (κ1) is 15.7. The summed E-state index contributed by atoms with van der Waals surface area (Å²) in [6.45, 7) is 8.45. The van der Waals surface area contributed by atoms with Crippen molar-refractivity contribution in [1.29, 1.82) is 0 Å². The van der Waals surface area contributed by atoms with E-state index in [0.29, 0.717) is 0 Å². The van der Waals surface area contributed by atoms with Gasteiger partial charge in [0, 0.05) is 25.6 Å². The predicted molar refractivity (Wildman–Crippen MR) is 80.2 cm³/mol. The van der Waals surface area contributed by atoms with Gasteiger partial charge in [-0.05, 0) is 19.4 Å². The first-order valence-corrected chi connectivity index (χ1v) is 6.79. The zero-order valence-corrected chi connectivity index (χ0v) is 12.9. The van der Waals surface area contributed by atoms with E-state index < -0.39 is 0 Å². The maximum atomic E-state index is 11.9. The number of hydrogen-bond donors (Lipinski definition) is 1. The molecule has 0 unspecified atom stereocenters. The summed E-state index contributed by atoms with van der Waals surface area (Å²) in [4.78, 5) is 13.5. The van der Waals surface area contributed by atoms with Crippen LogP contribution in [0.5, 0.6) is 0 Å². The number of rotatable bonds is 5. The van der Waals surface area contributed by atoms with Crippen molar-refractivity contribution in [2.24, 2.45) is 0 Å². The van der Waals surface area contributed by atoms with Crippen molar-refractivity contribution in [2.45, 2.75) is 45.2 Å². The highest BCUT2D eigenvalue weighted by Crippen LogP contribution is 2.27. The third-order valence-electron chi connectivity index (χ3n) is 3.91. The fourth-order valence-electron chi connectivity index (χ4n) is 2.16. The number of nitrogens with one attached hydrogen (secondary N) is 1. The summed E-state index contributed by atoms with van der Waals surface area (Å²) >= 11 is 0. The van der Waals surface area contributed by atoms with Crippen molar-refractivity contribution in [1.82, 2.24) is 10.2 Å². The summed E-state index contributed by atoms with van der Waals surface area (Å²) in [7, 11) is 3.57. The van der Waals surface area contributed by atoms with Crippen molar-refractivity contribution in [3.8, 4) is 0 Å². The van der Waals surface area contributed by atoms with Gasteiger partial charge in [-0.1, -0.05) is 44.2 Å². The van der Waals surface area contributed by atoms with Crippen molar-refractivity contribution >= 4 is 5.91 Å². The SMILES string of the molecule is C[C@@H](N[C@H](C)C(C)(C)c1ccccc1)C(=O)N(C)C. The molecule has 0 radical (unpaired) electrons. The monoisotopic (exact) mass is 262 g/mol. The van der Waals surface area contributed by atoms with Crippen molar-refractivity contribution in [3.63, 3.8) is 0 Å². The van der Waals surface area contributed by atoms with Crippen LogP contribution in [0.2, 0.25) is 0 Å². The van der Waals surface area contributed by atoms with Gasteiger partial charge in [0.05, 0.1) is 6.04 Å². The van der Waals surface area contributed by atoms with E-state index in [1.807, 2.05) is 13.0 Å². The molecule has 0 saturated heterocycles. The molecule has 1 aromatic rings. The van der Waals surface area contributed by atoms with E-state index in [0.717, 1.165) is 0 Å². The van der Waals surface area contributed by atoms with Gasteiger partial charge in [-0.3, -0.25) is 4.79 Å². The molecule has 0 aliphatic heterocycles. The minimum absolute atomic E-state index is 0.0257. The fourth-order valence-corrected chi connectivity index (χ4v) is 2.16. The molecule has 0 aromatic heterocycles. The lowest BCUT2D eigenvalue weighted by molar-refractivity contribution is -0.130. The van der Waals surface area contributed by atoms with Crippen LogP contribution >= 0.6 is 0 Å². The van der Waals surface area contributed by atoms with Crippen LogP contribution in [0, 0.1) is 0 Å². The maximum Gasteiger partial charge on any atom is 0.238 e. The topological polar surface area (TPSA) is 32.3 Å². The number of carbonyl (C=O) groups excluding carboxylic acids is 1. The molecule has 3 heteroatoms. The molecule has 0 fully saturated rings. The van der Waals surface area contributed by atoms with Crippen molar-refractivity contribution < 1.29 is 4.79 Å². The Hall–Kier alpha value is -1.35. The second-order valence-corrected chi connectivity index (χ2v) is 5.93. The van der Waals surface area contributed by atoms with Gasteiger partial charge in [-0.15, -0.1) is 0 Å². The molecule has 3 nitrogen and oxygen atoms in total. The first-order chi connectivity index (χ1) is 8.76. The largest absolute Gasteiger partial charge is 0.347 e. The molecule has 0 saturated carbocycles. The molecular formula is C16H26N2O. The number of amides is 1. The van der Waals surface area contributed by atoms with Crippen LogP contribution < -0.4 is 5.32 Å². The lowest BCUT2D eigenvalue weighted by Gasteiger charge is -2.35. The highest BCUT2D eigenvalue weighted by Gasteiger charge is 2.30. The fraction of sp³-hybridized carbons (Fsp3) is 0.562. The second kappa shape index (κ2) is 6.20. The molecule has 1 amide bonds. The van der Waals surface area contributed by atoms with Gasteiger partial charge < -0.3 is 10.2 Å². The Labute approximate surface area is 117 Å². The van der Waals surface area contributed by atoms with Crippen LogP contribution in [-0.4, -0.2) is 37.0 Å². The summed E-state index contributed by atoms with van der Waals surface area (Å²) in [5.74, 6) is 0.107. The molecule has 0 bridgehead atoms. The standard InChI is InChI=1S/C16H26N2O/c1-12(15(19)18(5)6)17-13(2)16(3,4)14-10-8-7-9-11-14/h7-13,17H,1-6H3/t12-,13-/m1/s1. The average molecular weight is 262 g/mol. The average Bonchev–Trinajstić information content (AvgIpc) is 2.38. The number of nitrogens with zero attached hydrogens (tertiary/aromatic N) is 1. The Morgan fingerprint density at radius 2 is 1.68 bits per heavy atom. The molecule has 0 heterocycles. The van der Waals surface area contributed by atoms with E-state index in [1.54, 1.807) is 19.0 Å². The number of carbonyl (C=O) groups is 1. The Morgan fingerprint density at radius 3 is 2.16 bits per heavy atom.